The minimum absolute atomic E-state index is 0.117. The van der Waals surface area contributed by atoms with Crippen molar-refractivity contribution in [3.63, 3.8) is 0 Å². The number of halogens is 2. The second kappa shape index (κ2) is 10.3. The summed E-state index contributed by atoms with van der Waals surface area (Å²) in [6.45, 7) is 8.26. The van der Waals surface area contributed by atoms with Crippen LogP contribution in [0.15, 0.2) is 18.2 Å². The van der Waals surface area contributed by atoms with Crippen molar-refractivity contribution in [2.75, 3.05) is 13.1 Å². The quantitative estimate of drug-likeness (QED) is 0.621. The molecule has 9 nitrogen and oxygen atoms in total. The first kappa shape index (κ1) is 26.9. The summed E-state index contributed by atoms with van der Waals surface area (Å²) in [7, 11) is 0. The maximum atomic E-state index is 14.4. The van der Waals surface area contributed by atoms with Crippen molar-refractivity contribution >= 4 is 29.6 Å². The van der Waals surface area contributed by atoms with Crippen LogP contribution in [0.4, 0.5) is 9.18 Å². The van der Waals surface area contributed by atoms with E-state index in [9.17, 15) is 23.9 Å². The number of carbonyl (C=O) groups is 3. The SMILES string of the molecule is Cc1nn(Cc2ccc(Cl)cc2F)c2c1CCN(C(=O)CC1C[C@H](C(=O)O)N(C(=O)OC(C)(C)C)C1)C2. The number of likely N-dealkylation sites (tertiary alicyclic amines) is 1. The second-order valence-corrected chi connectivity index (χ2v) is 11.2. The normalized spacial score (nSPS) is 19.6. The monoisotopic (exact) mass is 534 g/mol. The van der Waals surface area contributed by atoms with Gasteiger partial charge >= 0.3 is 12.1 Å². The molecule has 1 aromatic carbocycles. The number of hydrogen-bond donors (Lipinski definition) is 1. The summed E-state index contributed by atoms with van der Waals surface area (Å²) in [5.41, 5.74) is 2.46. The Morgan fingerprint density at radius 2 is 2.00 bits per heavy atom. The number of carboxylic acid groups (broad SMARTS) is 1. The zero-order valence-electron chi connectivity index (χ0n) is 21.5. The number of benzene rings is 1. The number of aryl methyl sites for hydroxylation is 1. The molecule has 0 radical (unpaired) electrons. The van der Waals surface area contributed by atoms with Gasteiger partial charge in [-0.05, 0) is 64.2 Å². The molecule has 1 N–H and O–H groups in total. The van der Waals surface area contributed by atoms with Gasteiger partial charge in [0.25, 0.3) is 0 Å². The highest BCUT2D eigenvalue weighted by molar-refractivity contribution is 6.30. The van der Waals surface area contributed by atoms with Crippen molar-refractivity contribution in [1.29, 1.82) is 0 Å². The Morgan fingerprint density at radius 1 is 1.27 bits per heavy atom. The largest absolute Gasteiger partial charge is 0.480 e. The maximum Gasteiger partial charge on any atom is 0.411 e. The van der Waals surface area contributed by atoms with E-state index in [2.05, 4.69) is 5.10 Å². The third kappa shape index (κ3) is 6.06. The van der Waals surface area contributed by atoms with Crippen LogP contribution in [-0.4, -0.2) is 67.4 Å². The van der Waals surface area contributed by atoms with E-state index in [0.717, 1.165) is 17.0 Å². The molecule has 0 saturated carbocycles. The van der Waals surface area contributed by atoms with Crippen LogP contribution >= 0.6 is 11.6 Å². The maximum absolute atomic E-state index is 14.4. The highest BCUT2D eigenvalue weighted by Crippen LogP contribution is 2.30. The smallest absolute Gasteiger partial charge is 0.411 e. The molecule has 200 valence electrons. The number of carbonyl (C=O) groups excluding carboxylic acids is 2. The van der Waals surface area contributed by atoms with Crippen LogP contribution in [0.3, 0.4) is 0 Å². The molecule has 3 heterocycles. The van der Waals surface area contributed by atoms with Crippen LogP contribution in [-0.2, 0) is 33.8 Å². The molecule has 1 fully saturated rings. The minimum atomic E-state index is -1.11. The predicted molar refractivity (Wildman–Crippen MR) is 134 cm³/mol. The van der Waals surface area contributed by atoms with E-state index in [-0.39, 0.29) is 37.8 Å². The summed E-state index contributed by atoms with van der Waals surface area (Å²) in [5, 5.41) is 14.6. The number of hydrogen-bond acceptors (Lipinski definition) is 5. The molecule has 1 saturated heterocycles. The average molecular weight is 535 g/mol. The molecule has 4 rings (SSSR count). The van der Waals surface area contributed by atoms with Gasteiger partial charge in [-0.15, -0.1) is 0 Å². The number of rotatable bonds is 5. The average Bonchev–Trinajstić information content (AvgIpc) is 3.36. The summed E-state index contributed by atoms with van der Waals surface area (Å²) in [6, 6.07) is 3.49. The van der Waals surface area contributed by atoms with Crippen molar-refractivity contribution in [3.05, 3.63) is 51.6 Å². The Hall–Kier alpha value is -3.14. The number of fused-ring (bicyclic) bond motifs is 1. The topological polar surface area (TPSA) is 105 Å². The highest BCUT2D eigenvalue weighted by atomic mass is 35.5. The third-order valence-corrected chi connectivity index (χ3v) is 7.03. The summed E-state index contributed by atoms with van der Waals surface area (Å²) in [4.78, 5) is 40.6. The van der Waals surface area contributed by atoms with Crippen molar-refractivity contribution in [3.8, 4) is 0 Å². The second-order valence-electron chi connectivity index (χ2n) is 10.8. The first-order chi connectivity index (χ1) is 17.3. The molecular weight excluding hydrogens is 503 g/mol. The van der Waals surface area contributed by atoms with E-state index in [1.54, 1.807) is 42.5 Å². The minimum Gasteiger partial charge on any atom is -0.480 e. The number of aromatic nitrogens is 2. The van der Waals surface area contributed by atoms with Gasteiger partial charge in [0.2, 0.25) is 5.91 Å². The number of ether oxygens (including phenoxy) is 1. The summed E-state index contributed by atoms with van der Waals surface area (Å²) in [5.74, 6) is -1.94. The highest BCUT2D eigenvalue weighted by Gasteiger charge is 2.42. The predicted octanol–water partition coefficient (Wildman–Crippen LogP) is 4.02. The van der Waals surface area contributed by atoms with Gasteiger partial charge in [-0.1, -0.05) is 17.7 Å². The molecule has 2 amide bonds. The van der Waals surface area contributed by atoms with Crippen LogP contribution in [0, 0.1) is 18.7 Å². The van der Waals surface area contributed by atoms with Gasteiger partial charge in [-0.25, -0.2) is 14.0 Å². The van der Waals surface area contributed by atoms with Gasteiger partial charge < -0.3 is 14.7 Å². The first-order valence-electron chi connectivity index (χ1n) is 12.3. The lowest BCUT2D eigenvalue weighted by molar-refractivity contribution is -0.142. The van der Waals surface area contributed by atoms with Crippen LogP contribution < -0.4 is 0 Å². The molecular formula is C26H32ClFN4O5. The van der Waals surface area contributed by atoms with Crippen LogP contribution in [0.25, 0.3) is 0 Å². The summed E-state index contributed by atoms with van der Waals surface area (Å²) < 4.78 is 21.5. The van der Waals surface area contributed by atoms with Gasteiger partial charge in [0.15, 0.2) is 0 Å². The molecule has 1 unspecified atom stereocenters. The Labute approximate surface area is 220 Å². The Bertz CT molecular complexity index is 1220. The standard InChI is InChI=1S/C26H32ClFN4O5/c1-15-19-7-8-30(14-22(19)32(29-15)13-17-5-6-18(27)11-20(17)28)23(33)10-16-9-21(24(34)35)31(12-16)25(36)37-26(2,3)4/h5-6,11,16,21H,7-10,12-14H2,1-4H3,(H,34,35)/t16?,21-/m1/s1. The molecule has 0 spiro atoms. The summed E-state index contributed by atoms with van der Waals surface area (Å²) in [6.07, 6.45) is 0.248. The van der Waals surface area contributed by atoms with Gasteiger partial charge in [-0.3, -0.25) is 14.4 Å². The number of nitrogens with zero attached hydrogens (tertiary/aromatic N) is 4. The lowest BCUT2D eigenvalue weighted by atomic mass is 9.99. The van der Waals surface area contributed by atoms with Crippen LogP contribution in [0.1, 0.15) is 56.1 Å². The van der Waals surface area contributed by atoms with Gasteiger partial charge in [0.1, 0.15) is 17.5 Å². The molecule has 2 aromatic rings. The van der Waals surface area contributed by atoms with E-state index in [1.807, 2.05) is 6.92 Å². The lowest BCUT2D eigenvalue weighted by Gasteiger charge is -2.29. The zero-order valence-corrected chi connectivity index (χ0v) is 22.2. The fraction of sp³-hybridized carbons (Fsp3) is 0.538. The van der Waals surface area contributed by atoms with Crippen LogP contribution in [0.2, 0.25) is 5.02 Å². The molecule has 0 aliphatic carbocycles. The zero-order chi connectivity index (χ0) is 27.1. The fourth-order valence-electron chi connectivity index (χ4n) is 5.03. The number of carboxylic acids is 1. The Morgan fingerprint density at radius 3 is 2.65 bits per heavy atom. The van der Waals surface area contributed by atoms with Crippen molar-refractivity contribution in [2.24, 2.45) is 5.92 Å². The molecule has 1 aromatic heterocycles. The van der Waals surface area contributed by atoms with Crippen LogP contribution in [0.5, 0.6) is 0 Å². The van der Waals surface area contributed by atoms with E-state index >= 15 is 0 Å². The number of amides is 2. The fourth-order valence-corrected chi connectivity index (χ4v) is 5.19. The lowest BCUT2D eigenvalue weighted by Crippen LogP contribution is -2.43. The third-order valence-electron chi connectivity index (χ3n) is 6.79. The van der Waals surface area contributed by atoms with Crippen molar-refractivity contribution in [1.82, 2.24) is 19.6 Å². The molecule has 37 heavy (non-hydrogen) atoms. The van der Waals surface area contributed by atoms with Gasteiger partial charge in [0, 0.05) is 30.1 Å². The molecule has 2 atom stereocenters. The van der Waals surface area contributed by atoms with Gasteiger partial charge in [-0.2, -0.15) is 5.10 Å². The van der Waals surface area contributed by atoms with Gasteiger partial charge in [0.05, 0.1) is 24.5 Å². The number of aliphatic carboxylic acids is 1. The van der Waals surface area contributed by atoms with E-state index < -0.39 is 29.5 Å². The molecule has 2 aliphatic rings. The van der Waals surface area contributed by atoms with E-state index in [4.69, 9.17) is 16.3 Å². The van der Waals surface area contributed by atoms with E-state index in [0.29, 0.717) is 30.1 Å². The molecule has 11 heteroatoms. The van der Waals surface area contributed by atoms with E-state index in [1.165, 1.54) is 11.0 Å². The van der Waals surface area contributed by atoms with Crippen molar-refractivity contribution in [2.45, 2.75) is 71.7 Å². The molecule has 0 bridgehead atoms. The van der Waals surface area contributed by atoms with Crippen molar-refractivity contribution < 1.29 is 28.6 Å². The first-order valence-corrected chi connectivity index (χ1v) is 12.7. The molecule has 2 aliphatic heterocycles. The Kier molecular flexibility index (Phi) is 7.50. The summed E-state index contributed by atoms with van der Waals surface area (Å²) >= 11 is 5.88. The Balaban J connectivity index is 1.44.